The van der Waals surface area contributed by atoms with E-state index in [-0.39, 0.29) is 29.9 Å². The van der Waals surface area contributed by atoms with Gasteiger partial charge < -0.3 is 21.3 Å². The van der Waals surface area contributed by atoms with Gasteiger partial charge in [-0.05, 0) is 56.4 Å². The number of hydrogen-bond acceptors (Lipinski definition) is 4. The zero-order valence-corrected chi connectivity index (χ0v) is 16.5. The first kappa shape index (κ1) is 19.6. The summed E-state index contributed by atoms with van der Waals surface area (Å²) in [5.41, 5.74) is 0. The molecular formula is C20H36N4O2. The lowest BCUT2D eigenvalue weighted by molar-refractivity contribution is -0.125. The molecule has 0 aromatic heterocycles. The van der Waals surface area contributed by atoms with Gasteiger partial charge in [0.15, 0.2) is 0 Å². The fourth-order valence-corrected chi connectivity index (χ4v) is 5.34. The summed E-state index contributed by atoms with van der Waals surface area (Å²) in [5, 5.41) is 13.1. The van der Waals surface area contributed by atoms with Gasteiger partial charge in [0.2, 0.25) is 11.8 Å². The van der Waals surface area contributed by atoms with Gasteiger partial charge in [-0.1, -0.05) is 20.3 Å². The van der Waals surface area contributed by atoms with Gasteiger partial charge in [-0.2, -0.15) is 0 Å². The highest BCUT2D eigenvalue weighted by atomic mass is 16.2. The van der Waals surface area contributed by atoms with Crippen LogP contribution in [0.15, 0.2) is 0 Å². The van der Waals surface area contributed by atoms with E-state index in [4.69, 9.17) is 0 Å². The van der Waals surface area contributed by atoms with Crippen molar-refractivity contribution >= 4 is 11.8 Å². The van der Waals surface area contributed by atoms with E-state index in [1.165, 1.54) is 19.3 Å². The highest BCUT2D eigenvalue weighted by Gasteiger charge is 2.42. The summed E-state index contributed by atoms with van der Waals surface area (Å²) in [6.07, 6.45) is 7.33. The van der Waals surface area contributed by atoms with Crippen LogP contribution < -0.4 is 21.3 Å². The van der Waals surface area contributed by atoms with Crippen molar-refractivity contribution in [3.05, 3.63) is 0 Å². The number of hydrogen-bond donors (Lipinski definition) is 4. The van der Waals surface area contributed by atoms with Gasteiger partial charge >= 0.3 is 0 Å². The van der Waals surface area contributed by atoms with Crippen LogP contribution in [0.3, 0.4) is 0 Å². The second-order valence-electron chi connectivity index (χ2n) is 8.74. The Bertz CT molecular complexity index is 512. The Morgan fingerprint density at radius 2 is 1.88 bits per heavy atom. The lowest BCUT2D eigenvalue weighted by Crippen LogP contribution is -2.58. The van der Waals surface area contributed by atoms with Crippen LogP contribution in [-0.4, -0.2) is 49.6 Å². The van der Waals surface area contributed by atoms with Crippen molar-refractivity contribution in [1.29, 1.82) is 0 Å². The standard InChI is InChI=1S/C20H36N4O2/c1-12-6-4-8-14-10-16(23-18(12)14)20(26)24-15(11-17(25)21-3)19-13(2)7-5-9-22-19/h12-16,18-19,22-23H,4-11H2,1-3H3,(H,21,25)(H,24,26). The Kier molecular flexibility index (Phi) is 6.56. The molecule has 2 saturated heterocycles. The maximum Gasteiger partial charge on any atom is 0.237 e. The number of piperidine rings is 1. The third kappa shape index (κ3) is 4.39. The van der Waals surface area contributed by atoms with Crippen molar-refractivity contribution in [2.24, 2.45) is 17.8 Å². The molecule has 148 valence electrons. The SMILES string of the molecule is CNC(=O)CC(NC(=O)C1CC2CCCC(C)C2N1)C1NCCCC1C. The summed E-state index contributed by atoms with van der Waals surface area (Å²) < 4.78 is 0. The lowest BCUT2D eigenvalue weighted by Gasteiger charge is -2.37. The second kappa shape index (κ2) is 8.70. The molecule has 2 aliphatic heterocycles. The minimum absolute atomic E-state index is 0.0171. The first-order chi connectivity index (χ1) is 12.5. The van der Waals surface area contributed by atoms with E-state index in [9.17, 15) is 9.59 Å². The van der Waals surface area contributed by atoms with Gasteiger partial charge in [0, 0.05) is 25.6 Å². The molecule has 6 heteroatoms. The summed E-state index contributed by atoms with van der Waals surface area (Å²) in [6.45, 7) is 5.47. The molecule has 3 aliphatic rings. The Morgan fingerprint density at radius 1 is 1.12 bits per heavy atom. The average molecular weight is 365 g/mol. The zero-order valence-electron chi connectivity index (χ0n) is 16.5. The molecule has 1 saturated carbocycles. The molecule has 3 rings (SSSR count). The predicted octanol–water partition coefficient (Wildman–Crippen LogP) is 1.16. The van der Waals surface area contributed by atoms with Crippen molar-refractivity contribution in [3.8, 4) is 0 Å². The Labute approximate surface area is 157 Å². The van der Waals surface area contributed by atoms with E-state index in [1.54, 1.807) is 7.05 Å². The summed E-state index contributed by atoms with van der Waals surface area (Å²) in [7, 11) is 1.66. The Morgan fingerprint density at radius 3 is 2.58 bits per heavy atom. The maximum absolute atomic E-state index is 13.0. The van der Waals surface area contributed by atoms with E-state index >= 15 is 0 Å². The predicted molar refractivity (Wildman–Crippen MR) is 103 cm³/mol. The zero-order chi connectivity index (χ0) is 18.7. The van der Waals surface area contributed by atoms with Crippen molar-refractivity contribution in [2.45, 2.75) is 83.0 Å². The average Bonchev–Trinajstić information content (AvgIpc) is 3.07. The number of fused-ring (bicyclic) bond motifs is 1. The summed E-state index contributed by atoms with van der Waals surface area (Å²) in [4.78, 5) is 25.0. The molecule has 0 bridgehead atoms. The minimum Gasteiger partial charge on any atom is -0.359 e. The molecule has 2 amide bonds. The lowest BCUT2D eigenvalue weighted by atomic mass is 9.78. The largest absolute Gasteiger partial charge is 0.359 e. The summed E-state index contributed by atoms with van der Waals surface area (Å²) in [6, 6.07) is 0.368. The molecule has 0 aromatic rings. The molecule has 0 aromatic carbocycles. The smallest absolute Gasteiger partial charge is 0.237 e. The monoisotopic (exact) mass is 364 g/mol. The molecule has 26 heavy (non-hydrogen) atoms. The quantitative estimate of drug-likeness (QED) is 0.590. The van der Waals surface area contributed by atoms with Crippen molar-refractivity contribution in [1.82, 2.24) is 21.3 Å². The van der Waals surface area contributed by atoms with Crippen molar-refractivity contribution < 1.29 is 9.59 Å². The number of rotatable bonds is 5. The molecule has 7 unspecified atom stereocenters. The molecule has 7 atom stereocenters. The third-order valence-corrected chi connectivity index (χ3v) is 6.88. The first-order valence-corrected chi connectivity index (χ1v) is 10.5. The first-order valence-electron chi connectivity index (χ1n) is 10.5. The molecule has 0 spiro atoms. The van der Waals surface area contributed by atoms with E-state index in [0.717, 1.165) is 25.8 Å². The van der Waals surface area contributed by atoms with E-state index in [1.807, 2.05) is 0 Å². The summed E-state index contributed by atoms with van der Waals surface area (Å²) >= 11 is 0. The number of amides is 2. The van der Waals surface area contributed by atoms with Gasteiger partial charge in [0.1, 0.15) is 0 Å². The molecule has 6 nitrogen and oxygen atoms in total. The van der Waals surface area contributed by atoms with E-state index in [0.29, 0.717) is 30.2 Å². The fraction of sp³-hybridized carbons (Fsp3) is 0.900. The van der Waals surface area contributed by atoms with Crippen LogP contribution in [0.25, 0.3) is 0 Å². The van der Waals surface area contributed by atoms with E-state index < -0.39 is 0 Å². The number of nitrogens with one attached hydrogen (secondary N) is 4. The molecule has 2 heterocycles. The fourth-order valence-electron chi connectivity index (χ4n) is 5.34. The van der Waals surface area contributed by atoms with Crippen molar-refractivity contribution in [3.63, 3.8) is 0 Å². The minimum atomic E-state index is -0.153. The van der Waals surface area contributed by atoms with Gasteiger partial charge in [0.25, 0.3) is 0 Å². The molecular weight excluding hydrogens is 328 g/mol. The topological polar surface area (TPSA) is 82.3 Å². The van der Waals surface area contributed by atoms with Crippen LogP contribution in [0.5, 0.6) is 0 Å². The second-order valence-corrected chi connectivity index (χ2v) is 8.74. The maximum atomic E-state index is 13.0. The van der Waals surface area contributed by atoms with Gasteiger partial charge in [-0.3, -0.25) is 9.59 Å². The highest BCUT2D eigenvalue weighted by molar-refractivity contribution is 5.84. The van der Waals surface area contributed by atoms with Gasteiger partial charge in [-0.25, -0.2) is 0 Å². The number of carbonyl (C=O) groups is 2. The highest BCUT2D eigenvalue weighted by Crippen LogP contribution is 2.36. The van der Waals surface area contributed by atoms with Crippen molar-refractivity contribution in [2.75, 3.05) is 13.6 Å². The normalized spacial score (nSPS) is 38.3. The Balaban J connectivity index is 1.64. The van der Waals surface area contributed by atoms with Crippen LogP contribution in [0.1, 0.15) is 58.8 Å². The van der Waals surface area contributed by atoms with Crippen LogP contribution in [0, 0.1) is 17.8 Å². The van der Waals surface area contributed by atoms with Crippen LogP contribution in [0.4, 0.5) is 0 Å². The van der Waals surface area contributed by atoms with Crippen LogP contribution in [0.2, 0.25) is 0 Å². The number of carbonyl (C=O) groups excluding carboxylic acids is 2. The molecule has 0 radical (unpaired) electrons. The van der Waals surface area contributed by atoms with Crippen LogP contribution >= 0.6 is 0 Å². The van der Waals surface area contributed by atoms with Gasteiger partial charge in [0.05, 0.1) is 12.1 Å². The third-order valence-electron chi connectivity index (χ3n) is 6.88. The Hall–Kier alpha value is -1.14. The van der Waals surface area contributed by atoms with Gasteiger partial charge in [-0.15, -0.1) is 0 Å². The molecule has 4 N–H and O–H groups in total. The molecule has 3 fully saturated rings. The summed E-state index contributed by atoms with van der Waals surface area (Å²) in [5.74, 6) is 1.78. The van der Waals surface area contributed by atoms with Crippen LogP contribution in [-0.2, 0) is 9.59 Å². The van der Waals surface area contributed by atoms with E-state index in [2.05, 4.69) is 35.1 Å². The molecule has 1 aliphatic carbocycles.